The van der Waals surface area contributed by atoms with Gasteiger partial charge in [-0.15, -0.1) is 0 Å². The Morgan fingerprint density at radius 3 is 2.53 bits per heavy atom. The van der Waals surface area contributed by atoms with Crippen LogP contribution in [0.25, 0.3) is 0 Å². The van der Waals surface area contributed by atoms with E-state index in [1.54, 1.807) is 12.1 Å². The number of fused-ring (bicyclic) bond motifs is 2. The molecular formula is C14H17FN2O2. The fourth-order valence-electron chi connectivity index (χ4n) is 2.83. The van der Waals surface area contributed by atoms with Gasteiger partial charge in [-0.05, 0) is 30.5 Å². The van der Waals surface area contributed by atoms with E-state index in [9.17, 15) is 9.18 Å². The van der Waals surface area contributed by atoms with E-state index in [1.807, 2.05) is 4.90 Å². The van der Waals surface area contributed by atoms with Gasteiger partial charge in [0.15, 0.2) is 0 Å². The summed E-state index contributed by atoms with van der Waals surface area (Å²) in [5, 5.41) is 2.90. The normalized spacial score (nSPS) is 25.4. The number of carbonyl (C=O) groups excluding carboxylic acids is 1. The Hall–Kier alpha value is -1.62. The number of carbonyl (C=O) groups is 1. The Morgan fingerprint density at radius 1 is 1.26 bits per heavy atom. The summed E-state index contributed by atoms with van der Waals surface area (Å²) in [6.45, 7) is 1.71. The first-order valence-electron chi connectivity index (χ1n) is 6.62. The van der Waals surface area contributed by atoms with E-state index in [0.29, 0.717) is 19.8 Å². The first kappa shape index (κ1) is 12.4. The monoisotopic (exact) mass is 264 g/mol. The van der Waals surface area contributed by atoms with Crippen molar-refractivity contribution in [1.29, 1.82) is 0 Å². The highest BCUT2D eigenvalue weighted by Crippen LogP contribution is 2.28. The van der Waals surface area contributed by atoms with Crippen LogP contribution in [0.2, 0.25) is 0 Å². The third kappa shape index (κ3) is 2.56. The molecule has 2 fully saturated rings. The smallest absolute Gasteiger partial charge is 0.318 e. The van der Waals surface area contributed by atoms with Crippen molar-refractivity contribution in [3.8, 4) is 0 Å². The highest BCUT2D eigenvalue weighted by molar-refractivity contribution is 5.75. The van der Waals surface area contributed by atoms with Gasteiger partial charge in [0.05, 0.1) is 25.3 Å². The topological polar surface area (TPSA) is 41.6 Å². The van der Waals surface area contributed by atoms with Crippen molar-refractivity contribution in [3.63, 3.8) is 0 Å². The van der Waals surface area contributed by atoms with Crippen LogP contribution in [0.4, 0.5) is 9.18 Å². The van der Waals surface area contributed by atoms with Gasteiger partial charge in [0.25, 0.3) is 0 Å². The number of amides is 2. The molecule has 2 aliphatic heterocycles. The zero-order valence-corrected chi connectivity index (χ0v) is 10.6. The van der Waals surface area contributed by atoms with Crippen molar-refractivity contribution >= 4 is 6.03 Å². The van der Waals surface area contributed by atoms with Gasteiger partial charge in [0.2, 0.25) is 0 Å². The summed E-state index contributed by atoms with van der Waals surface area (Å²) in [7, 11) is 0. The van der Waals surface area contributed by atoms with Crippen molar-refractivity contribution in [2.24, 2.45) is 0 Å². The molecule has 2 saturated heterocycles. The van der Waals surface area contributed by atoms with Gasteiger partial charge in [0.1, 0.15) is 5.82 Å². The average Bonchev–Trinajstić information content (AvgIpc) is 2.67. The molecule has 0 aliphatic carbocycles. The lowest BCUT2D eigenvalue weighted by Gasteiger charge is -2.34. The average molecular weight is 264 g/mol. The molecule has 102 valence electrons. The van der Waals surface area contributed by atoms with E-state index in [1.165, 1.54) is 12.1 Å². The molecule has 2 amide bonds. The highest BCUT2D eigenvalue weighted by Gasteiger charge is 2.40. The standard InChI is InChI=1S/C14H17FN2O2/c15-11-3-1-10(2-4-11)7-16-14(18)17-12-5-6-13(17)9-19-8-12/h1-4,12-13H,5-9H2,(H,16,18). The molecule has 2 unspecified atom stereocenters. The third-order valence-corrected chi connectivity index (χ3v) is 3.83. The Morgan fingerprint density at radius 2 is 1.89 bits per heavy atom. The fourth-order valence-corrected chi connectivity index (χ4v) is 2.83. The van der Waals surface area contributed by atoms with Crippen molar-refractivity contribution in [2.75, 3.05) is 13.2 Å². The van der Waals surface area contributed by atoms with Crippen LogP contribution >= 0.6 is 0 Å². The van der Waals surface area contributed by atoms with E-state index in [4.69, 9.17) is 4.74 Å². The number of rotatable bonds is 2. The van der Waals surface area contributed by atoms with Crippen molar-refractivity contribution in [2.45, 2.75) is 31.5 Å². The molecule has 2 heterocycles. The summed E-state index contributed by atoms with van der Waals surface area (Å²) >= 11 is 0. The first-order chi connectivity index (χ1) is 9.24. The van der Waals surface area contributed by atoms with Gasteiger partial charge in [0, 0.05) is 6.54 Å². The van der Waals surface area contributed by atoms with Gasteiger partial charge in [-0.25, -0.2) is 9.18 Å². The lowest BCUT2D eigenvalue weighted by molar-refractivity contribution is 0.00631. The molecule has 1 aromatic rings. The quantitative estimate of drug-likeness (QED) is 0.886. The minimum atomic E-state index is -0.263. The summed E-state index contributed by atoms with van der Waals surface area (Å²) < 4.78 is 18.2. The second-order valence-corrected chi connectivity index (χ2v) is 5.11. The number of nitrogens with one attached hydrogen (secondary N) is 1. The fraction of sp³-hybridized carbons (Fsp3) is 0.500. The van der Waals surface area contributed by atoms with E-state index < -0.39 is 0 Å². The first-order valence-corrected chi connectivity index (χ1v) is 6.62. The van der Waals surface area contributed by atoms with Crippen LogP contribution in [-0.2, 0) is 11.3 Å². The SMILES string of the molecule is O=C(NCc1ccc(F)cc1)N1C2CCC1COC2. The third-order valence-electron chi connectivity index (χ3n) is 3.83. The molecule has 4 nitrogen and oxygen atoms in total. The minimum Gasteiger partial charge on any atom is -0.377 e. The maximum absolute atomic E-state index is 12.8. The number of hydrogen-bond donors (Lipinski definition) is 1. The predicted molar refractivity (Wildman–Crippen MR) is 68.1 cm³/mol. The van der Waals surface area contributed by atoms with Gasteiger partial charge in [-0.3, -0.25) is 0 Å². The summed E-state index contributed by atoms with van der Waals surface area (Å²) in [4.78, 5) is 14.1. The number of benzene rings is 1. The van der Waals surface area contributed by atoms with E-state index in [0.717, 1.165) is 18.4 Å². The molecule has 0 spiro atoms. The van der Waals surface area contributed by atoms with Crippen LogP contribution in [0.1, 0.15) is 18.4 Å². The largest absolute Gasteiger partial charge is 0.377 e. The van der Waals surface area contributed by atoms with Crippen LogP contribution in [0.5, 0.6) is 0 Å². The minimum absolute atomic E-state index is 0.0416. The number of hydrogen-bond acceptors (Lipinski definition) is 2. The van der Waals surface area contributed by atoms with Crippen LogP contribution < -0.4 is 5.32 Å². The molecule has 0 aromatic heterocycles. The molecule has 2 aliphatic rings. The van der Waals surface area contributed by atoms with E-state index in [2.05, 4.69) is 5.32 Å². The Labute approximate surface area is 111 Å². The lowest BCUT2D eigenvalue weighted by Crippen LogP contribution is -2.52. The summed E-state index contributed by atoms with van der Waals surface area (Å²) in [6.07, 6.45) is 2.04. The summed E-state index contributed by atoms with van der Waals surface area (Å²) in [6, 6.07) is 6.56. The van der Waals surface area contributed by atoms with Crippen LogP contribution in [-0.4, -0.2) is 36.2 Å². The summed E-state index contributed by atoms with van der Waals surface area (Å²) in [5.74, 6) is -0.263. The maximum atomic E-state index is 12.8. The molecule has 0 radical (unpaired) electrons. The Bertz CT molecular complexity index is 447. The molecule has 2 atom stereocenters. The Balaban J connectivity index is 1.58. The second-order valence-electron chi connectivity index (χ2n) is 5.11. The number of halogens is 1. The summed E-state index contributed by atoms with van der Waals surface area (Å²) in [5.41, 5.74) is 0.898. The molecule has 0 saturated carbocycles. The van der Waals surface area contributed by atoms with Crippen molar-refractivity contribution in [1.82, 2.24) is 10.2 Å². The zero-order chi connectivity index (χ0) is 13.2. The maximum Gasteiger partial charge on any atom is 0.318 e. The van der Waals surface area contributed by atoms with Crippen molar-refractivity contribution in [3.05, 3.63) is 35.6 Å². The van der Waals surface area contributed by atoms with Gasteiger partial charge < -0.3 is 15.0 Å². The second kappa shape index (κ2) is 5.17. The molecule has 2 bridgehead atoms. The van der Waals surface area contributed by atoms with Crippen LogP contribution in [0.3, 0.4) is 0 Å². The zero-order valence-electron chi connectivity index (χ0n) is 10.6. The lowest BCUT2D eigenvalue weighted by atomic mass is 10.2. The highest BCUT2D eigenvalue weighted by atomic mass is 19.1. The van der Waals surface area contributed by atoms with Crippen LogP contribution in [0, 0.1) is 5.82 Å². The molecule has 19 heavy (non-hydrogen) atoms. The van der Waals surface area contributed by atoms with Crippen molar-refractivity contribution < 1.29 is 13.9 Å². The molecular weight excluding hydrogens is 247 g/mol. The predicted octanol–water partition coefficient (Wildman–Crippen LogP) is 1.90. The van der Waals surface area contributed by atoms with Crippen LogP contribution in [0.15, 0.2) is 24.3 Å². The van der Waals surface area contributed by atoms with E-state index in [-0.39, 0.29) is 23.9 Å². The van der Waals surface area contributed by atoms with E-state index >= 15 is 0 Å². The molecule has 1 aromatic carbocycles. The molecule has 1 N–H and O–H groups in total. The Kier molecular flexibility index (Phi) is 3.38. The number of ether oxygens (including phenoxy) is 1. The molecule has 3 rings (SSSR count). The van der Waals surface area contributed by atoms with Gasteiger partial charge >= 0.3 is 6.03 Å². The van der Waals surface area contributed by atoms with Gasteiger partial charge in [-0.1, -0.05) is 12.1 Å². The number of urea groups is 1. The molecule has 5 heteroatoms. The van der Waals surface area contributed by atoms with Gasteiger partial charge in [-0.2, -0.15) is 0 Å². The number of morpholine rings is 1. The number of nitrogens with zero attached hydrogens (tertiary/aromatic N) is 1.